The summed E-state index contributed by atoms with van der Waals surface area (Å²) in [5.74, 6) is -1.19. The smallest absolute Gasteiger partial charge is 0.435 e. The lowest BCUT2D eigenvalue weighted by Gasteiger charge is -2.35. The Hall–Kier alpha value is -1.84. The van der Waals surface area contributed by atoms with E-state index in [1.54, 1.807) is 4.90 Å². The van der Waals surface area contributed by atoms with Crippen LogP contribution in [-0.4, -0.2) is 47.5 Å². The molecular formula is C17H16F7NO2. The Morgan fingerprint density at radius 2 is 1.70 bits per heavy atom. The van der Waals surface area contributed by atoms with Crippen LogP contribution in [0.4, 0.5) is 30.7 Å². The molecule has 0 aromatic heterocycles. The van der Waals surface area contributed by atoms with Crippen molar-refractivity contribution in [3.8, 4) is 0 Å². The molecule has 2 atom stereocenters. The first-order valence-corrected chi connectivity index (χ1v) is 8.27. The van der Waals surface area contributed by atoms with Crippen LogP contribution >= 0.6 is 0 Å². The number of rotatable bonds is 3. The summed E-state index contributed by atoms with van der Waals surface area (Å²) in [6.45, 7) is 0.297. The van der Waals surface area contributed by atoms with E-state index in [4.69, 9.17) is 5.11 Å². The van der Waals surface area contributed by atoms with Crippen LogP contribution in [0.1, 0.15) is 35.4 Å². The molecule has 2 aliphatic rings. The molecule has 0 bridgehead atoms. The molecule has 1 N–H and O–H groups in total. The molecule has 10 heteroatoms. The van der Waals surface area contributed by atoms with E-state index in [2.05, 4.69) is 0 Å². The summed E-state index contributed by atoms with van der Waals surface area (Å²) in [7, 11) is 0. The minimum absolute atomic E-state index is 0.139. The first kappa shape index (κ1) is 19.9. The third-order valence-corrected chi connectivity index (χ3v) is 5.43. The average Bonchev–Trinajstić information content (AvgIpc) is 2.94. The molecular weight excluding hydrogens is 383 g/mol. The molecule has 1 aliphatic heterocycles. The summed E-state index contributed by atoms with van der Waals surface area (Å²) < 4.78 is 91.9. The number of carbonyl (C=O) groups is 1. The van der Waals surface area contributed by atoms with E-state index in [-0.39, 0.29) is 30.5 Å². The van der Waals surface area contributed by atoms with Gasteiger partial charge >= 0.3 is 24.0 Å². The van der Waals surface area contributed by atoms with Crippen LogP contribution in [0.5, 0.6) is 0 Å². The highest BCUT2D eigenvalue weighted by atomic mass is 19.4. The number of benzene rings is 1. The lowest BCUT2D eigenvalue weighted by atomic mass is 9.77. The maximum atomic E-state index is 14.3. The molecule has 2 unspecified atom stereocenters. The summed E-state index contributed by atoms with van der Waals surface area (Å²) in [6, 6.07) is 2.19. The molecule has 3 nitrogen and oxygen atoms in total. The van der Waals surface area contributed by atoms with E-state index >= 15 is 0 Å². The van der Waals surface area contributed by atoms with Crippen LogP contribution in [-0.2, 0) is 16.9 Å². The van der Waals surface area contributed by atoms with Crippen LogP contribution in [0.25, 0.3) is 0 Å². The quantitative estimate of drug-likeness (QED) is 0.776. The summed E-state index contributed by atoms with van der Waals surface area (Å²) in [5, 5.41) is 8.94. The molecule has 1 heterocycles. The number of carboxylic acids is 1. The van der Waals surface area contributed by atoms with Crippen molar-refractivity contribution in [3.63, 3.8) is 0 Å². The topological polar surface area (TPSA) is 40.5 Å². The summed E-state index contributed by atoms with van der Waals surface area (Å²) in [4.78, 5) is 12.7. The van der Waals surface area contributed by atoms with Gasteiger partial charge in [-0.05, 0) is 36.9 Å². The number of halogens is 7. The highest BCUT2D eigenvalue weighted by molar-refractivity contribution is 5.69. The van der Waals surface area contributed by atoms with Gasteiger partial charge in [-0.1, -0.05) is 18.2 Å². The lowest BCUT2D eigenvalue weighted by Crippen LogP contribution is -2.50. The third-order valence-electron chi connectivity index (χ3n) is 5.43. The first-order valence-electron chi connectivity index (χ1n) is 8.27. The minimum Gasteiger partial charge on any atom is -0.480 e. The van der Waals surface area contributed by atoms with Crippen LogP contribution in [0.2, 0.25) is 0 Å². The number of alkyl halides is 7. The number of aliphatic carboxylic acids is 1. The van der Waals surface area contributed by atoms with Crippen LogP contribution in [0.3, 0.4) is 0 Å². The second-order valence-electron chi connectivity index (χ2n) is 6.93. The Labute approximate surface area is 149 Å². The lowest BCUT2D eigenvalue weighted by molar-refractivity contribution is -0.348. The van der Waals surface area contributed by atoms with Gasteiger partial charge in [-0.3, -0.25) is 9.69 Å². The fraction of sp³-hybridized carbons (Fsp3) is 0.588. The minimum atomic E-state index is -6.14. The van der Waals surface area contributed by atoms with E-state index in [9.17, 15) is 35.5 Å². The van der Waals surface area contributed by atoms with Crippen molar-refractivity contribution < 1.29 is 40.6 Å². The summed E-state index contributed by atoms with van der Waals surface area (Å²) >= 11 is 0. The van der Waals surface area contributed by atoms with E-state index in [0.717, 1.165) is 6.07 Å². The fourth-order valence-corrected chi connectivity index (χ4v) is 4.22. The zero-order chi connectivity index (χ0) is 20.2. The molecule has 0 amide bonds. The van der Waals surface area contributed by atoms with Gasteiger partial charge in [0, 0.05) is 17.5 Å². The first-order chi connectivity index (χ1) is 12.4. The van der Waals surface area contributed by atoms with Gasteiger partial charge in [-0.25, -0.2) is 4.39 Å². The number of aryl methyl sites for hydroxylation is 1. The van der Waals surface area contributed by atoms with E-state index < -0.39 is 29.6 Å². The zero-order valence-corrected chi connectivity index (χ0v) is 13.9. The highest BCUT2D eigenvalue weighted by Gasteiger charge is 2.73. The second-order valence-corrected chi connectivity index (χ2v) is 6.93. The molecule has 150 valence electrons. The predicted molar refractivity (Wildman–Crippen MR) is 80.0 cm³/mol. The van der Waals surface area contributed by atoms with E-state index in [0.29, 0.717) is 37.1 Å². The SMILES string of the molecule is O=C(O)CN1CCC2c3ccc(C(F)(C(F)(F)F)C(F)(F)F)cc3CCC21. The van der Waals surface area contributed by atoms with Gasteiger partial charge in [0.05, 0.1) is 6.54 Å². The Morgan fingerprint density at radius 1 is 1.07 bits per heavy atom. The summed E-state index contributed by atoms with van der Waals surface area (Å²) in [6.07, 6.45) is -11.2. The average molecular weight is 399 g/mol. The maximum Gasteiger partial charge on any atom is 0.435 e. The molecule has 1 fully saturated rings. The molecule has 1 saturated heterocycles. The predicted octanol–water partition coefficient (Wildman–Crippen LogP) is 4.16. The Balaban J connectivity index is 1.97. The third kappa shape index (κ3) is 3.17. The normalized spacial score (nSPS) is 23.8. The number of hydrogen-bond donors (Lipinski definition) is 1. The standard InChI is InChI=1S/C17H16F7NO2/c18-15(16(19,20)21,17(22,23)24)10-2-3-11-9(7-10)1-4-13-12(11)5-6-25(13)8-14(26)27/h2-3,7,12-13H,1,4-6,8H2,(H,26,27). The molecule has 27 heavy (non-hydrogen) atoms. The molecule has 1 aliphatic carbocycles. The highest BCUT2D eigenvalue weighted by Crippen LogP contribution is 2.54. The number of likely N-dealkylation sites (tertiary alicyclic amines) is 1. The molecule has 1 aromatic rings. The molecule has 1 aromatic carbocycles. The van der Waals surface area contributed by atoms with Gasteiger partial charge in [-0.15, -0.1) is 0 Å². The Morgan fingerprint density at radius 3 is 2.26 bits per heavy atom. The van der Waals surface area contributed by atoms with Crippen molar-refractivity contribution >= 4 is 5.97 Å². The second kappa shape index (κ2) is 6.35. The van der Waals surface area contributed by atoms with E-state index in [1.165, 1.54) is 0 Å². The fourth-order valence-electron chi connectivity index (χ4n) is 4.22. The molecule has 0 spiro atoms. The summed E-state index contributed by atoms with van der Waals surface area (Å²) in [5.41, 5.74) is -6.09. The molecule has 3 rings (SSSR count). The van der Waals surface area contributed by atoms with Gasteiger partial charge in [0.25, 0.3) is 0 Å². The van der Waals surface area contributed by atoms with Gasteiger partial charge in [0.15, 0.2) is 0 Å². The van der Waals surface area contributed by atoms with Crippen molar-refractivity contribution in [1.29, 1.82) is 0 Å². The van der Waals surface area contributed by atoms with Crippen molar-refractivity contribution in [3.05, 3.63) is 34.9 Å². The Kier molecular flexibility index (Phi) is 4.69. The van der Waals surface area contributed by atoms with Gasteiger partial charge in [0.2, 0.25) is 0 Å². The zero-order valence-electron chi connectivity index (χ0n) is 13.9. The molecule has 0 radical (unpaired) electrons. The van der Waals surface area contributed by atoms with Gasteiger partial charge < -0.3 is 5.11 Å². The van der Waals surface area contributed by atoms with Crippen LogP contribution in [0.15, 0.2) is 18.2 Å². The van der Waals surface area contributed by atoms with Crippen molar-refractivity contribution in [2.75, 3.05) is 13.1 Å². The maximum absolute atomic E-state index is 14.3. The number of hydrogen-bond acceptors (Lipinski definition) is 2. The van der Waals surface area contributed by atoms with Crippen LogP contribution < -0.4 is 0 Å². The monoisotopic (exact) mass is 399 g/mol. The van der Waals surface area contributed by atoms with Gasteiger partial charge in [-0.2, -0.15) is 26.3 Å². The largest absolute Gasteiger partial charge is 0.480 e. The Bertz CT molecular complexity index is 730. The van der Waals surface area contributed by atoms with Crippen molar-refractivity contribution in [1.82, 2.24) is 4.90 Å². The number of fused-ring (bicyclic) bond motifs is 3. The van der Waals surface area contributed by atoms with E-state index in [1.807, 2.05) is 0 Å². The van der Waals surface area contributed by atoms with Crippen molar-refractivity contribution in [2.45, 2.75) is 49.2 Å². The molecule has 0 saturated carbocycles. The number of nitrogens with zero attached hydrogens (tertiary/aromatic N) is 1. The van der Waals surface area contributed by atoms with Gasteiger partial charge in [0.1, 0.15) is 0 Å². The number of carboxylic acid groups (broad SMARTS) is 1. The van der Waals surface area contributed by atoms with Crippen molar-refractivity contribution in [2.24, 2.45) is 0 Å². The van der Waals surface area contributed by atoms with Crippen LogP contribution in [0, 0.1) is 0 Å².